The number of carbonyl (C=O) groups excluding carboxylic acids is 1. The third kappa shape index (κ3) is 3.95. The number of hydrogen-bond acceptors (Lipinski definition) is 5. The molecule has 0 bridgehead atoms. The molecule has 0 saturated carbocycles. The van der Waals surface area contributed by atoms with Crippen molar-refractivity contribution in [2.24, 2.45) is 0 Å². The number of fused-ring (bicyclic) bond motifs is 1. The molecule has 1 aromatic carbocycles. The number of aromatic nitrogens is 1. The van der Waals surface area contributed by atoms with Gasteiger partial charge in [-0.2, -0.15) is 5.26 Å². The van der Waals surface area contributed by atoms with Gasteiger partial charge in [-0.3, -0.25) is 4.79 Å². The van der Waals surface area contributed by atoms with Crippen LogP contribution in [-0.2, 0) is 11.2 Å². The molecule has 9 heteroatoms. The molecule has 2 aromatic rings. The van der Waals surface area contributed by atoms with Gasteiger partial charge in [0.1, 0.15) is 18.1 Å². The topological polar surface area (TPSA) is 128 Å². The zero-order valence-electron chi connectivity index (χ0n) is 11.2. The summed E-state index contributed by atoms with van der Waals surface area (Å²) in [4.78, 5) is 26.8. The van der Waals surface area contributed by atoms with Crippen LogP contribution in [-0.4, -0.2) is 34.7 Å². The molecule has 0 aliphatic carbocycles. The summed E-state index contributed by atoms with van der Waals surface area (Å²) in [6, 6.07) is 5.91. The average molecular weight is 367 g/mol. The van der Waals surface area contributed by atoms with Crippen LogP contribution in [0.2, 0.25) is 0 Å². The van der Waals surface area contributed by atoms with Gasteiger partial charge in [-0.05, 0) is 18.2 Å². The highest BCUT2D eigenvalue weighted by Crippen LogP contribution is 2.21. The Morgan fingerprint density at radius 2 is 2.27 bits per heavy atom. The van der Waals surface area contributed by atoms with Gasteiger partial charge in [-0.15, -0.1) is 0 Å². The van der Waals surface area contributed by atoms with E-state index in [9.17, 15) is 9.59 Å². The molecule has 1 heterocycles. The Morgan fingerprint density at radius 3 is 2.95 bits per heavy atom. The number of hydrogen-bond donors (Lipinski definition) is 3. The van der Waals surface area contributed by atoms with Crippen LogP contribution in [0.15, 0.2) is 27.1 Å². The van der Waals surface area contributed by atoms with Crippen LogP contribution in [0.3, 0.4) is 0 Å². The molecule has 1 aromatic heterocycles. The zero-order chi connectivity index (χ0) is 16.1. The molecule has 3 N–H and O–H groups in total. The van der Waals surface area contributed by atoms with Crippen molar-refractivity contribution in [3.63, 3.8) is 0 Å². The normalized spacial score (nSPS) is 11.6. The van der Waals surface area contributed by atoms with Gasteiger partial charge < -0.3 is 20.2 Å². The van der Waals surface area contributed by atoms with Gasteiger partial charge in [-0.1, -0.05) is 15.9 Å². The van der Waals surface area contributed by atoms with Crippen molar-refractivity contribution >= 4 is 39.0 Å². The van der Waals surface area contributed by atoms with Crippen molar-refractivity contribution in [1.29, 1.82) is 5.26 Å². The van der Waals surface area contributed by atoms with Crippen molar-refractivity contribution in [1.82, 2.24) is 15.6 Å². The standard InChI is InChI=1S/C13H11BrN4O4/c14-7-1-2-8-10(5-7)22-11(17-8)6-9(18-13(20)21)12(19)16-4-3-15/h1-2,5,9,18H,4,6H2,(H,16,19)(H,20,21)/t9-/m0/s1. The summed E-state index contributed by atoms with van der Waals surface area (Å²) >= 11 is 3.30. The van der Waals surface area contributed by atoms with Gasteiger partial charge in [0.25, 0.3) is 0 Å². The van der Waals surface area contributed by atoms with Crippen LogP contribution in [0, 0.1) is 11.3 Å². The number of amides is 2. The number of carboxylic acid groups (broad SMARTS) is 1. The van der Waals surface area contributed by atoms with Crippen molar-refractivity contribution in [2.75, 3.05) is 6.54 Å². The van der Waals surface area contributed by atoms with Crippen LogP contribution in [0.5, 0.6) is 0 Å². The monoisotopic (exact) mass is 366 g/mol. The number of halogens is 1. The molecule has 0 saturated heterocycles. The molecule has 114 valence electrons. The Balaban J connectivity index is 2.18. The van der Waals surface area contributed by atoms with Crippen molar-refractivity contribution in [3.8, 4) is 6.07 Å². The number of nitriles is 1. The van der Waals surface area contributed by atoms with E-state index in [1.807, 2.05) is 0 Å². The highest BCUT2D eigenvalue weighted by atomic mass is 79.9. The van der Waals surface area contributed by atoms with Crippen LogP contribution in [0.4, 0.5) is 4.79 Å². The van der Waals surface area contributed by atoms with Crippen molar-refractivity contribution < 1.29 is 19.1 Å². The zero-order valence-corrected chi connectivity index (χ0v) is 12.8. The number of nitrogens with one attached hydrogen (secondary N) is 2. The fourth-order valence-electron chi connectivity index (χ4n) is 1.82. The lowest BCUT2D eigenvalue weighted by Crippen LogP contribution is -2.47. The summed E-state index contributed by atoms with van der Waals surface area (Å²) in [6.07, 6.45) is -1.41. The lowest BCUT2D eigenvalue weighted by molar-refractivity contribution is -0.122. The Bertz CT molecular complexity index is 752. The van der Waals surface area contributed by atoms with Crippen molar-refractivity contribution in [2.45, 2.75) is 12.5 Å². The molecule has 8 nitrogen and oxygen atoms in total. The molecule has 0 aliphatic rings. The van der Waals surface area contributed by atoms with E-state index >= 15 is 0 Å². The van der Waals surface area contributed by atoms with Crippen LogP contribution >= 0.6 is 15.9 Å². The quantitative estimate of drug-likeness (QED) is 0.686. The van der Waals surface area contributed by atoms with Gasteiger partial charge in [-0.25, -0.2) is 9.78 Å². The average Bonchev–Trinajstić information content (AvgIpc) is 2.84. The molecular weight excluding hydrogens is 356 g/mol. The lowest BCUT2D eigenvalue weighted by Gasteiger charge is -2.13. The fraction of sp³-hybridized carbons (Fsp3) is 0.231. The maximum absolute atomic E-state index is 11.8. The van der Waals surface area contributed by atoms with Crippen molar-refractivity contribution in [3.05, 3.63) is 28.6 Å². The molecule has 2 amide bonds. The SMILES string of the molecule is N#CCNC(=O)[C@H](Cc1nc2ccc(Br)cc2o1)NC(=O)O. The Labute approximate surface area is 133 Å². The molecule has 22 heavy (non-hydrogen) atoms. The molecular formula is C13H11BrN4O4. The fourth-order valence-corrected chi connectivity index (χ4v) is 2.16. The maximum Gasteiger partial charge on any atom is 0.405 e. The summed E-state index contributed by atoms with van der Waals surface area (Å²) in [5.41, 5.74) is 1.13. The third-order valence-corrected chi connectivity index (χ3v) is 3.22. The van der Waals surface area contributed by atoms with Gasteiger partial charge in [0, 0.05) is 4.47 Å². The first kappa shape index (κ1) is 15.8. The minimum atomic E-state index is -1.35. The van der Waals surface area contributed by atoms with E-state index in [-0.39, 0.29) is 18.9 Å². The number of benzene rings is 1. The molecule has 1 atom stereocenters. The minimum Gasteiger partial charge on any atom is -0.465 e. The first-order chi connectivity index (χ1) is 10.5. The van der Waals surface area contributed by atoms with Gasteiger partial charge in [0.05, 0.1) is 12.5 Å². The molecule has 0 spiro atoms. The molecule has 2 rings (SSSR count). The van der Waals surface area contributed by atoms with E-state index in [0.717, 1.165) is 4.47 Å². The van der Waals surface area contributed by atoms with Crippen LogP contribution in [0.1, 0.15) is 5.89 Å². The van der Waals surface area contributed by atoms with E-state index in [0.29, 0.717) is 11.1 Å². The maximum atomic E-state index is 11.8. The number of oxazole rings is 1. The first-order valence-electron chi connectivity index (χ1n) is 6.18. The van der Waals surface area contributed by atoms with Gasteiger partial charge in [0.15, 0.2) is 11.5 Å². The molecule has 0 unspecified atom stereocenters. The first-order valence-corrected chi connectivity index (χ1v) is 6.98. The highest BCUT2D eigenvalue weighted by Gasteiger charge is 2.23. The molecule has 0 aliphatic heterocycles. The Morgan fingerprint density at radius 1 is 1.50 bits per heavy atom. The van der Waals surface area contributed by atoms with Gasteiger partial charge in [0.2, 0.25) is 5.91 Å². The summed E-state index contributed by atoms with van der Waals surface area (Å²) < 4.78 is 6.31. The number of nitrogens with zero attached hydrogens (tertiary/aromatic N) is 2. The second-order valence-corrected chi connectivity index (χ2v) is 5.22. The second-order valence-electron chi connectivity index (χ2n) is 4.30. The van der Waals surface area contributed by atoms with E-state index in [2.05, 4.69) is 31.5 Å². The van der Waals surface area contributed by atoms with Gasteiger partial charge >= 0.3 is 6.09 Å². The van der Waals surface area contributed by atoms with E-state index < -0.39 is 18.0 Å². The Kier molecular flexibility index (Phi) is 4.95. The molecule has 0 fully saturated rings. The van der Waals surface area contributed by atoms with Crippen LogP contribution < -0.4 is 10.6 Å². The summed E-state index contributed by atoms with van der Waals surface area (Å²) in [5.74, 6) is -0.397. The summed E-state index contributed by atoms with van der Waals surface area (Å²) in [7, 11) is 0. The number of carbonyl (C=O) groups is 2. The van der Waals surface area contributed by atoms with E-state index in [1.165, 1.54) is 0 Å². The summed E-state index contributed by atoms with van der Waals surface area (Å²) in [6.45, 7) is -0.211. The highest BCUT2D eigenvalue weighted by molar-refractivity contribution is 9.10. The Hall–Kier alpha value is -2.60. The third-order valence-electron chi connectivity index (χ3n) is 2.73. The van der Waals surface area contributed by atoms with Crippen LogP contribution in [0.25, 0.3) is 11.1 Å². The predicted octanol–water partition coefficient (Wildman–Crippen LogP) is 1.41. The minimum absolute atomic E-state index is 0.0597. The van der Waals surface area contributed by atoms with E-state index in [4.69, 9.17) is 14.8 Å². The predicted molar refractivity (Wildman–Crippen MR) is 79.0 cm³/mol. The number of rotatable bonds is 5. The largest absolute Gasteiger partial charge is 0.465 e. The molecule has 0 radical (unpaired) electrons. The van der Waals surface area contributed by atoms with E-state index in [1.54, 1.807) is 24.3 Å². The second kappa shape index (κ2) is 6.91. The summed E-state index contributed by atoms with van der Waals surface area (Å²) in [5, 5.41) is 21.6. The lowest BCUT2D eigenvalue weighted by atomic mass is 10.2. The smallest absolute Gasteiger partial charge is 0.405 e.